The molecule has 0 bridgehead atoms. The zero-order valence-corrected chi connectivity index (χ0v) is 19.5. The number of carbonyl (C=O) groups excluding carboxylic acids is 1. The van der Waals surface area contributed by atoms with Gasteiger partial charge in [-0.3, -0.25) is 4.79 Å². The quantitative estimate of drug-likeness (QED) is 0.496. The Morgan fingerprint density at radius 1 is 1.00 bits per heavy atom. The van der Waals surface area contributed by atoms with Crippen molar-refractivity contribution in [2.24, 2.45) is 5.73 Å². The van der Waals surface area contributed by atoms with Crippen molar-refractivity contribution in [3.05, 3.63) is 36.5 Å². The summed E-state index contributed by atoms with van der Waals surface area (Å²) in [7, 11) is 6.27. The summed E-state index contributed by atoms with van der Waals surface area (Å²) in [4.78, 5) is 13.3. The largest absolute Gasteiger partial charge is 0.495 e. The number of ether oxygens (including phenoxy) is 4. The number of nitrogens with one attached hydrogen (secondary N) is 1. The zero-order valence-electron chi connectivity index (χ0n) is 18.7. The van der Waals surface area contributed by atoms with Crippen molar-refractivity contribution in [2.75, 3.05) is 33.8 Å². The van der Waals surface area contributed by atoms with Gasteiger partial charge in [-0.15, -0.1) is 0 Å². The molecule has 8 nitrogen and oxygen atoms in total. The van der Waals surface area contributed by atoms with E-state index in [0.29, 0.717) is 35.1 Å². The van der Waals surface area contributed by atoms with Gasteiger partial charge in [-0.25, -0.2) is 0 Å². The summed E-state index contributed by atoms with van der Waals surface area (Å²) in [6.07, 6.45) is 2.32. The molecule has 0 aliphatic carbocycles. The van der Waals surface area contributed by atoms with Crippen LogP contribution in [0.25, 0.3) is 21.6 Å². The highest BCUT2D eigenvalue weighted by Crippen LogP contribution is 2.45. The summed E-state index contributed by atoms with van der Waals surface area (Å²) >= 11 is 1.35. The van der Waals surface area contributed by atoms with Crippen molar-refractivity contribution in [3.8, 4) is 44.6 Å². The number of amides is 1. The van der Waals surface area contributed by atoms with Crippen LogP contribution in [0.15, 0.2) is 36.5 Å². The number of methoxy groups -OCH3 is 4. The summed E-state index contributed by atoms with van der Waals surface area (Å²) in [5.74, 6) is 1.90. The van der Waals surface area contributed by atoms with Crippen LogP contribution in [-0.4, -0.2) is 44.8 Å². The number of anilines is 1. The van der Waals surface area contributed by atoms with Crippen LogP contribution >= 0.6 is 11.5 Å². The Morgan fingerprint density at radius 2 is 1.66 bits per heavy atom. The van der Waals surface area contributed by atoms with Gasteiger partial charge in [-0.1, -0.05) is 13.0 Å². The third kappa shape index (κ3) is 4.63. The molecule has 0 saturated heterocycles. The van der Waals surface area contributed by atoms with Crippen LogP contribution in [-0.2, 0) is 4.79 Å². The van der Waals surface area contributed by atoms with Crippen LogP contribution in [0.3, 0.4) is 0 Å². The van der Waals surface area contributed by atoms with Gasteiger partial charge in [0, 0.05) is 17.3 Å². The number of hydrogen-bond acceptors (Lipinski definition) is 8. The molecule has 3 N–H and O–H groups in total. The van der Waals surface area contributed by atoms with E-state index < -0.39 is 6.04 Å². The zero-order chi connectivity index (χ0) is 23.3. The summed E-state index contributed by atoms with van der Waals surface area (Å²) in [6.45, 7) is 1.86. The van der Waals surface area contributed by atoms with Crippen LogP contribution in [0.4, 0.5) is 5.69 Å². The van der Waals surface area contributed by atoms with Gasteiger partial charge in [0.2, 0.25) is 11.7 Å². The molecule has 0 aliphatic rings. The Morgan fingerprint density at radius 3 is 2.22 bits per heavy atom. The maximum atomic E-state index is 12.4. The van der Waals surface area contributed by atoms with Crippen molar-refractivity contribution in [3.63, 3.8) is 0 Å². The smallest absolute Gasteiger partial charge is 0.241 e. The first kappa shape index (κ1) is 23.4. The SMILES string of the molecule is CCC(N)C(=O)Nc1cc(-c2cnsc2-c2cc(OC)c(OC)c(OC)c2)ccc1OC. The highest BCUT2D eigenvalue weighted by molar-refractivity contribution is 7.10. The molecule has 1 amide bonds. The first-order chi connectivity index (χ1) is 15.5. The summed E-state index contributed by atoms with van der Waals surface area (Å²) < 4.78 is 26.2. The normalized spacial score (nSPS) is 11.6. The lowest BCUT2D eigenvalue weighted by Gasteiger charge is -2.16. The highest BCUT2D eigenvalue weighted by Gasteiger charge is 2.19. The Balaban J connectivity index is 2.07. The molecular formula is C23H27N3O5S. The maximum Gasteiger partial charge on any atom is 0.241 e. The number of nitrogens with zero attached hydrogens (tertiary/aromatic N) is 1. The first-order valence-electron chi connectivity index (χ1n) is 9.97. The van der Waals surface area contributed by atoms with Gasteiger partial charge in [0.1, 0.15) is 5.75 Å². The average molecular weight is 458 g/mol. The minimum atomic E-state index is -0.596. The molecule has 0 radical (unpaired) electrons. The molecule has 170 valence electrons. The monoisotopic (exact) mass is 457 g/mol. The lowest BCUT2D eigenvalue weighted by atomic mass is 10.0. The Bertz CT molecular complexity index is 1070. The second-order valence-electron chi connectivity index (χ2n) is 6.90. The number of rotatable bonds is 9. The first-order valence-corrected chi connectivity index (χ1v) is 10.7. The van der Waals surface area contributed by atoms with Crippen LogP contribution in [0, 0.1) is 0 Å². The van der Waals surface area contributed by atoms with Gasteiger partial charge in [0.25, 0.3) is 0 Å². The molecule has 3 aromatic rings. The lowest BCUT2D eigenvalue weighted by Crippen LogP contribution is -2.34. The lowest BCUT2D eigenvalue weighted by molar-refractivity contribution is -0.117. The molecule has 1 heterocycles. The molecule has 1 atom stereocenters. The standard InChI is InChI=1S/C23H27N3O5S/c1-6-16(24)23(27)26-17-9-13(7-8-18(17)28-2)15-12-25-32-22(15)14-10-19(29-3)21(31-5)20(11-14)30-4/h7-12,16H,6,24H2,1-5H3,(H,26,27). The van der Waals surface area contributed by atoms with Gasteiger partial charge in [-0.05, 0) is 47.8 Å². The van der Waals surface area contributed by atoms with Gasteiger partial charge >= 0.3 is 0 Å². The van der Waals surface area contributed by atoms with Gasteiger partial charge < -0.3 is 30.0 Å². The second-order valence-corrected chi connectivity index (χ2v) is 7.70. The van der Waals surface area contributed by atoms with Crippen LogP contribution in [0.5, 0.6) is 23.0 Å². The minimum absolute atomic E-state index is 0.267. The highest BCUT2D eigenvalue weighted by atomic mass is 32.1. The van der Waals surface area contributed by atoms with Crippen molar-refractivity contribution in [2.45, 2.75) is 19.4 Å². The molecule has 1 unspecified atom stereocenters. The number of carbonyl (C=O) groups is 1. The van der Waals surface area contributed by atoms with Crippen molar-refractivity contribution < 1.29 is 23.7 Å². The number of benzene rings is 2. The Kier molecular flexibility index (Phi) is 7.55. The molecule has 2 aromatic carbocycles. The number of aromatic nitrogens is 1. The number of nitrogens with two attached hydrogens (primary N) is 1. The molecule has 0 fully saturated rings. The third-order valence-electron chi connectivity index (χ3n) is 5.04. The fraction of sp³-hybridized carbons (Fsp3) is 0.304. The van der Waals surface area contributed by atoms with E-state index in [1.807, 2.05) is 31.2 Å². The maximum absolute atomic E-state index is 12.4. The van der Waals surface area contributed by atoms with Crippen LogP contribution in [0.1, 0.15) is 13.3 Å². The Hall–Kier alpha value is -3.30. The minimum Gasteiger partial charge on any atom is -0.495 e. The molecule has 9 heteroatoms. The predicted octanol–water partition coefficient (Wildman–Crippen LogP) is 4.19. The topological polar surface area (TPSA) is 105 Å². The predicted molar refractivity (Wildman–Crippen MR) is 126 cm³/mol. The van der Waals surface area contributed by atoms with Gasteiger partial charge in [0.05, 0.1) is 45.0 Å². The van der Waals surface area contributed by atoms with Crippen molar-refractivity contribution >= 4 is 23.1 Å². The average Bonchev–Trinajstić information content (AvgIpc) is 3.32. The molecule has 0 saturated carbocycles. The summed E-state index contributed by atoms with van der Waals surface area (Å²) in [5, 5.41) is 2.86. The van der Waals surface area contributed by atoms with Crippen LogP contribution < -0.4 is 30.0 Å². The van der Waals surface area contributed by atoms with Crippen molar-refractivity contribution in [1.82, 2.24) is 4.37 Å². The van der Waals surface area contributed by atoms with E-state index in [2.05, 4.69) is 9.69 Å². The van der Waals surface area contributed by atoms with Crippen molar-refractivity contribution in [1.29, 1.82) is 0 Å². The summed E-state index contributed by atoms with van der Waals surface area (Å²) in [6, 6.07) is 8.74. The third-order valence-corrected chi connectivity index (χ3v) is 5.89. The fourth-order valence-electron chi connectivity index (χ4n) is 3.25. The van der Waals surface area contributed by atoms with Gasteiger partial charge in [0.15, 0.2) is 11.5 Å². The van der Waals surface area contributed by atoms with E-state index in [4.69, 9.17) is 24.7 Å². The Labute approximate surface area is 191 Å². The van der Waals surface area contributed by atoms with Crippen LogP contribution in [0.2, 0.25) is 0 Å². The van der Waals surface area contributed by atoms with E-state index >= 15 is 0 Å². The van der Waals surface area contributed by atoms with E-state index in [9.17, 15) is 4.79 Å². The molecule has 1 aromatic heterocycles. The molecular weight excluding hydrogens is 430 g/mol. The molecule has 32 heavy (non-hydrogen) atoms. The fourth-order valence-corrected chi connectivity index (χ4v) is 4.01. The second kappa shape index (κ2) is 10.3. The van der Waals surface area contributed by atoms with E-state index in [1.165, 1.54) is 11.5 Å². The molecule has 0 spiro atoms. The molecule has 3 rings (SSSR count). The van der Waals surface area contributed by atoms with E-state index in [0.717, 1.165) is 21.6 Å². The molecule has 0 aliphatic heterocycles. The van der Waals surface area contributed by atoms with E-state index in [-0.39, 0.29) is 5.91 Å². The van der Waals surface area contributed by atoms with E-state index in [1.54, 1.807) is 40.7 Å². The number of hydrogen-bond donors (Lipinski definition) is 2. The summed E-state index contributed by atoms with van der Waals surface area (Å²) in [5.41, 5.74) is 9.04. The van der Waals surface area contributed by atoms with Gasteiger partial charge in [-0.2, -0.15) is 4.37 Å².